The van der Waals surface area contributed by atoms with Gasteiger partial charge in [0.25, 0.3) is 0 Å². The molecular weight excluding hydrogens is 435 g/mol. The third kappa shape index (κ3) is 5.83. The minimum atomic E-state index is -0.398. The monoisotopic (exact) mass is 462 g/mol. The number of anilines is 3. The Bertz CT molecular complexity index is 908. The van der Waals surface area contributed by atoms with Gasteiger partial charge in [-0.05, 0) is 49.2 Å². The van der Waals surface area contributed by atoms with Crippen LogP contribution in [0.25, 0.3) is 0 Å². The Morgan fingerprint density at radius 1 is 0.935 bits per heavy atom. The number of carbonyl (C=O) groups excluding carboxylic acids is 2. The predicted molar refractivity (Wildman–Crippen MR) is 128 cm³/mol. The van der Waals surface area contributed by atoms with Gasteiger partial charge in [-0.3, -0.25) is 4.79 Å². The van der Waals surface area contributed by atoms with Gasteiger partial charge in [-0.25, -0.2) is 4.79 Å². The van der Waals surface area contributed by atoms with Crippen LogP contribution < -0.4 is 15.5 Å². The van der Waals surface area contributed by atoms with Gasteiger partial charge in [-0.1, -0.05) is 43.1 Å². The predicted octanol–water partition coefficient (Wildman–Crippen LogP) is 5.72. The molecule has 166 valence electrons. The van der Waals surface area contributed by atoms with Crippen LogP contribution in [-0.4, -0.2) is 43.0 Å². The third-order valence-electron chi connectivity index (χ3n) is 5.62. The van der Waals surface area contributed by atoms with Crippen LogP contribution in [0, 0.1) is 5.92 Å². The minimum absolute atomic E-state index is 0.129. The Balaban J connectivity index is 1.53. The highest BCUT2D eigenvalue weighted by molar-refractivity contribution is 6.44. The van der Waals surface area contributed by atoms with Crippen LogP contribution in [0.15, 0.2) is 42.5 Å². The molecule has 8 heteroatoms. The first-order chi connectivity index (χ1) is 14.9. The lowest BCUT2D eigenvalue weighted by Gasteiger charge is -2.37. The molecule has 1 aliphatic heterocycles. The molecule has 1 aliphatic rings. The fourth-order valence-electron chi connectivity index (χ4n) is 3.72. The van der Waals surface area contributed by atoms with E-state index >= 15 is 0 Å². The van der Waals surface area contributed by atoms with E-state index in [4.69, 9.17) is 23.2 Å². The Labute approximate surface area is 193 Å². The topological polar surface area (TPSA) is 64.7 Å². The molecule has 6 nitrogen and oxygen atoms in total. The summed E-state index contributed by atoms with van der Waals surface area (Å²) >= 11 is 12.1. The molecule has 0 unspecified atom stereocenters. The van der Waals surface area contributed by atoms with Crippen LogP contribution >= 0.6 is 23.2 Å². The van der Waals surface area contributed by atoms with Crippen molar-refractivity contribution in [1.29, 1.82) is 0 Å². The zero-order valence-electron chi connectivity index (χ0n) is 17.8. The van der Waals surface area contributed by atoms with Crippen molar-refractivity contribution >= 4 is 52.2 Å². The maximum atomic E-state index is 12.6. The first kappa shape index (κ1) is 23.2. The molecule has 2 aromatic rings. The van der Waals surface area contributed by atoms with E-state index in [0.717, 1.165) is 44.7 Å². The number of benzene rings is 2. The summed E-state index contributed by atoms with van der Waals surface area (Å²) in [5.41, 5.74) is 2.18. The SMILES string of the molecule is CCC(CC)C(=O)N1CCN(c2ccc(NC(=O)Nc3cccc(Cl)c3Cl)cc2)CC1. The third-order valence-corrected chi connectivity index (χ3v) is 6.44. The fourth-order valence-corrected chi connectivity index (χ4v) is 4.07. The first-order valence-corrected chi connectivity index (χ1v) is 11.3. The van der Waals surface area contributed by atoms with Gasteiger partial charge in [0.1, 0.15) is 0 Å². The maximum absolute atomic E-state index is 12.6. The van der Waals surface area contributed by atoms with Crippen molar-refractivity contribution in [3.8, 4) is 0 Å². The van der Waals surface area contributed by atoms with E-state index in [1.54, 1.807) is 18.2 Å². The average molecular weight is 463 g/mol. The largest absolute Gasteiger partial charge is 0.368 e. The van der Waals surface area contributed by atoms with Crippen LogP contribution in [0.4, 0.5) is 21.9 Å². The van der Waals surface area contributed by atoms with Gasteiger partial charge in [0, 0.05) is 43.5 Å². The van der Waals surface area contributed by atoms with Crippen LogP contribution in [0.1, 0.15) is 26.7 Å². The average Bonchev–Trinajstić information content (AvgIpc) is 2.78. The summed E-state index contributed by atoms with van der Waals surface area (Å²) in [6.07, 6.45) is 1.78. The second-order valence-electron chi connectivity index (χ2n) is 7.55. The van der Waals surface area contributed by atoms with Gasteiger partial charge in [0.2, 0.25) is 5.91 Å². The van der Waals surface area contributed by atoms with Gasteiger partial charge in [0.05, 0.1) is 15.7 Å². The van der Waals surface area contributed by atoms with Crippen molar-refractivity contribution in [2.75, 3.05) is 41.7 Å². The van der Waals surface area contributed by atoms with E-state index in [-0.39, 0.29) is 11.8 Å². The molecule has 0 aliphatic carbocycles. The molecular formula is C23H28Cl2N4O2. The molecule has 3 rings (SSSR count). The number of carbonyl (C=O) groups is 2. The summed E-state index contributed by atoms with van der Waals surface area (Å²) in [4.78, 5) is 29.1. The van der Waals surface area contributed by atoms with E-state index in [2.05, 4.69) is 29.4 Å². The molecule has 0 aromatic heterocycles. The normalized spacial score (nSPS) is 14.0. The van der Waals surface area contributed by atoms with Crippen molar-refractivity contribution in [1.82, 2.24) is 4.90 Å². The van der Waals surface area contributed by atoms with Gasteiger partial charge in [0.15, 0.2) is 0 Å². The molecule has 0 atom stereocenters. The maximum Gasteiger partial charge on any atom is 0.323 e. The molecule has 0 bridgehead atoms. The zero-order valence-corrected chi connectivity index (χ0v) is 19.3. The summed E-state index contributed by atoms with van der Waals surface area (Å²) in [5, 5.41) is 6.17. The van der Waals surface area contributed by atoms with Crippen LogP contribution in [0.2, 0.25) is 10.0 Å². The number of halogens is 2. The Hall–Kier alpha value is -2.44. The summed E-state index contributed by atoms with van der Waals surface area (Å²) in [6.45, 7) is 7.21. The molecule has 0 spiro atoms. The van der Waals surface area contributed by atoms with E-state index in [9.17, 15) is 9.59 Å². The highest BCUT2D eigenvalue weighted by Gasteiger charge is 2.25. The summed E-state index contributed by atoms with van der Waals surface area (Å²) in [7, 11) is 0. The minimum Gasteiger partial charge on any atom is -0.368 e. The number of nitrogens with one attached hydrogen (secondary N) is 2. The molecule has 2 aromatic carbocycles. The van der Waals surface area contributed by atoms with E-state index < -0.39 is 6.03 Å². The Morgan fingerprint density at radius 2 is 1.58 bits per heavy atom. The Morgan fingerprint density at radius 3 is 2.19 bits per heavy atom. The van der Waals surface area contributed by atoms with E-state index in [0.29, 0.717) is 21.4 Å². The van der Waals surface area contributed by atoms with Crippen molar-refractivity contribution in [2.45, 2.75) is 26.7 Å². The molecule has 3 amide bonds. The second-order valence-corrected chi connectivity index (χ2v) is 8.34. The van der Waals surface area contributed by atoms with Crippen LogP contribution in [0.3, 0.4) is 0 Å². The number of nitrogens with zero attached hydrogens (tertiary/aromatic N) is 2. The van der Waals surface area contributed by atoms with Crippen molar-refractivity contribution in [3.63, 3.8) is 0 Å². The lowest BCUT2D eigenvalue weighted by atomic mass is 10.0. The molecule has 0 radical (unpaired) electrons. The van der Waals surface area contributed by atoms with E-state index in [1.807, 2.05) is 29.2 Å². The molecule has 0 saturated carbocycles. The van der Waals surface area contributed by atoms with Gasteiger partial charge >= 0.3 is 6.03 Å². The molecule has 1 fully saturated rings. The lowest BCUT2D eigenvalue weighted by molar-refractivity contribution is -0.136. The number of urea groups is 1. The first-order valence-electron chi connectivity index (χ1n) is 10.6. The highest BCUT2D eigenvalue weighted by atomic mass is 35.5. The smallest absolute Gasteiger partial charge is 0.323 e. The summed E-state index contributed by atoms with van der Waals surface area (Å²) < 4.78 is 0. The van der Waals surface area contributed by atoms with Crippen molar-refractivity contribution in [3.05, 3.63) is 52.5 Å². The summed E-state index contributed by atoms with van der Waals surface area (Å²) in [6, 6.07) is 12.3. The van der Waals surface area contributed by atoms with Crippen molar-refractivity contribution in [2.24, 2.45) is 5.92 Å². The number of amides is 3. The lowest BCUT2D eigenvalue weighted by Crippen LogP contribution is -2.50. The molecule has 2 N–H and O–H groups in total. The molecule has 1 heterocycles. The highest BCUT2D eigenvalue weighted by Crippen LogP contribution is 2.29. The zero-order chi connectivity index (χ0) is 22.4. The number of piperazine rings is 1. The molecule has 1 saturated heterocycles. The van der Waals surface area contributed by atoms with Crippen molar-refractivity contribution < 1.29 is 9.59 Å². The standard InChI is InChI=1S/C23H28Cl2N4O2/c1-3-16(4-2)22(30)29-14-12-28(13-15-29)18-10-8-17(9-11-18)26-23(31)27-20-7-5-6-19(24)21(20)25/h5-11,16H,3-4,12-15H2,1-2H3,(H2,26,27,31). The number of rotatable bonds is 6. The summed E-state index contributed by atoms with van der Waals surface area (Å²) in [5.74, 6) is 0.403. The van der Waals surface area contributed by atoms with Gasteiger partial charge in [-0.2, -0.15) is 0 Å². The van der Waals surface area contributed by atoms with Gasteiger partial charge < -0.3 is 20.4 Å². The number of hydrogen-bond donors (Lipinski definition) is 2. The van der Waals surface area contributed by atoms with Crippen LogP contribution in [-0.2, 0) is 4.79 Å². The quantitative estimate of drug-likeness (QED) is 0.576. The fraction of sp³-hybridized carbons (Fsp3) is 0.391. The van der Waals surface area contributed by atoms with Gasteiger partial charge in [-0.15, -0.1) is 0 Å². The number of hydrogen-bond acceptors (Lipinski definition) is 3. The second kappa shape index (κ2) is 10.7. The molecule has 31 heavy (non-hydrogen) atoms. The van der Waals surface area contributed by atoms with E-state index in [1.165, 1.54) is 0 Å². The Kier molecular flexibility index (Phi) is 8.04. The van der Waals surface area contributed by atoms with Crippen LogP contribution in [0.5, 0.6) is 0 Å².